The van der Waals surface area contributed by atoms with E-state index in [9.17, 15) is 8.42 Å². The molecule has 4 nitrogen and oxygen atoms in total. The van der Waals surface area contributed by atoms with Gasteiger partial charge in [0.2, 0.25) is 10.0 Å². The van der Waals surface area contributed by atoms with Crippen molar-refractivity contribution in [2.75, 3.05) is 32.9 Å². The Balaban J connectivity index is 2.22. The quantitative estimate of drug-likeness (QED) is 0.788. The van der Waals surface area contributed by atoms with Gasteiger partial charge in [-0.05, 0) is 12.6 Å². The zero-order chi connectivity index (χ0) is 12.5. The van der Waals surface area contributed by atoms with Crippen LogP contribution < -0.4 is 0 Å². The molecule has 0 aliphatic carbocycles. The lowest BCUT2D eigenvalue weighted by molar-refractivity contribution is 0.149. The molecule has 1 aromatic rings. The van der Waals surface area contributed by atoms with E-state index >= 15 is 0 Å². The monoisotopic (exact) mass is 254 g/mol. The van der Waals surface area contributed by atoms with Gasteiger partial charge in [0.15, 0.2) is 0 Å². The highest BCUT2D eigenvalue weighted by Gasteiger charge is 2.29. The first-order chi connectivity index (χ1) is 7.98. The van der Waals surface area contributed by atoms with Gasteiger partial charge in [0, 0.05) is 25.7 Å². The molecule has 0 aromatic heterocycles. The molecule has 1 heterocycles. The molecular formula is C12H18N2O2S. The largest absolute Gasteiger partial charge is 0.297 e. The minimum Gasteiger partial charge on any atom is -0.297 e. The van der Waals surface area contributed by atoms with Gasteiger partial charge in [-0.25, -0.2) is 8.42 Å². The minimum absolute atomic E-state index is 0.152. The van der Waals surface area contributed by atoms with Gasteiger partial charge in [0.05, 0.1) is 6.26 Å². The highest BCUT2D eigenvalue weighted by Crippen LogP contribution is 2.24. The molecule has 17 heavy (non-hydrogen) atoms. The van der Waals surface area contributed by atoms with E-state index in [1.807, 2.05) is 37.4 Å². The predicted molar refractivity (Wildman–Crippen MR) is 68.2 cm³/mol. The summed E-state index contributed by atoms with van der Waals surface area (Å²) in [4.78, 5) is 2.21. The Kier molecular flexibility index (Phi) is 3.51. The van der Waals surface area contributed by atoms with E-state index in [1.165, 1.54) is 11.8 Å². The molecule has 1 atom stereocenters. The molecule has 0 N–H and O–H groups in total. The number of piperazine rings is 1. The summed E-state index contributed by atoms with van der Waals surface area (Å²) in [6, 6.07) is 10.2. The van der Waals surface area contributed by atoms with Crippen molar-refractivity contribution < 1.29 is 8.42 Å². The summed E-state index contributed by atoms with van der Waals surface area (Å²) in [7, 11) is -1.04. The van der Waals surface area contributed by atoms with Crippen molar-refractivity contribution >= 4 is 10.0 Å². The summed E-state index contributed by atoms with van der Waals surface area (Å²) in [6.45, 7) is 1.89. The van der Waals surface area contributed by atoms with E-state index in [0.717, 1.165) is 6.54 Å². The second kappa shape index (κ2) is 4.76. The third-order valence-corrected chi connectivity index (χ3v) is 4.53. The van der Waals surface area contributed by atoms with Crippen LogP contribution in [0.15, 0.2) is 30.3 Å². The van der Waals surface area contributed by atoms with Crippen LogP contribution in [0.2, 0.25) is 0 Å². The Morgan fingerprint density at radius 3 is 2.41 bits per heavy atom. The smallest absolute Gasteiger partial charge is 0.211 e. The maximum absolute atomic E-state index is 11.6. The Morgan fingerprint density at radius 1 is 1.18 bits per heavy atom. The third kappa shape index (κ3) is 2.86. The first kappa shape index (κ1) is 12.5. The molecule has 1 saturated heterocycles. The Bertz CT molecular complexity index is 473. The Labute approximate surface area is 103 Å². The van der Waals surface area contributed by atoms with Crippen LogP contribution in [0.3, 0.4) is 0 Å². The van der Waals surface area contributed by atoms with Gasteiger partial charge in [-0.2, -0.15) is 4.31 Å². The van der Waals surface area contributed by atoms with Crippen molar-refractivity contribution in [3.8, 4) is 0 Å². The zero-order valence-corrected chi connectivity index (χ0v) is 11.0. The molecular weight excluding hydrogens is 236 g/mol. The Hall–Kier alpha value is -0.910. The third-order valence-electron chi connectivity index (χ3n) is 3.26. The number of likely N-dealkylation sites (N-methyl/N-ethyl adjacent to an activating group) is 1. The molecule has 1 fully saturated rings. The lowest BCUT2D eigenvalue weighted by Gasteiger charge is -2.38. The SMILES string of the molecule is CN1CCN(S(C)(=O)=O)CC1c1ccccc1. The van der Waals surface area contributed by atoms with E-state index in [4.69, 9.17) is 0 Å². The summed E-state index contributed by atoms with van der Waals surface area (Å²) >= 11 is 0. The average Bonchev–Trinajstić information content (AvgIpc) is 2.29. The number of rotatable bonds is 2. The lowest BCUT2D eigenvalue weighted by Crippen LogP contribution is -2.48. The van der Waals surface area contributed by atoms with Crippen molar-refractivity contribution in [1.29, 1.82) is 0 Å². The van der Waals surface area contributed by atoms with E-state index in [2.05, 4.69) is 4.90 Å². The van der Waals surface area contributed by atoms with Gasteiger partial charge >= 0.3 is 0 Å². The molecule has 1 aliphatic rings. The molecule has 0 bridgehead atoms. The highest BCUT2D eigenvalue weighted by atomic mass is 32.2. The molecule has 1 aromatic carbocycles. The van der Waals surface area contributed by atoms with E-state index in [-0.39, 0.29) is 6.04 Å². The van der Waals surface area contributed by atoms with Gasteiger partial charge in [-0.3, -0.25) is 4.90 Å². The predicted octanol–water partition coefficient (Wildman–Crippen LogP) is 0.935. The molecule has 0 amide bonds. The van der Waals surface area contributed by atoms with Gasteiger partial charge in [0.25, 0.3) is 0 Å². The van der Waals surface area contributed by atoms with Crippen LogP contribution >= 0.6 is 0 Å². The molecule has 0 saturated carbocycles. The number of sulfonamides is 1. The maximum Gasteiger partial charge on any atom is 0.211 e. The van der Waals surface area contributed by atoms with Crippen molar-refractivity contribution in [1.82, 2.24) is 9.21 Å². The molecule has 1 unspecified atom stereocenters. The van der Waals surface area contributed by atoms with Crippen molar-refractivity contribution in [2.45, 2.75) is 6.04 Å². The second-order valence-electron chi connectivity index (χ2n) is 4.53. The summed E-state index contributed by atoms with van der Waals surface area (Å²) in [5.74, 6) is 0. The van der Waals surface area contributed by atoms with Crippen LogP contribution in [0.5, 0.6) is 0 Å². The van der Waals surface area contributed by atoms with E-state index in [1.54, 1.807) is 4.31 Å². The second-order valence-corrected chi connectivity index (χ2v) is 6.51. The van der Waals surface area contributed by atoms with Gasteiger partial charge in [-0.1, -0.05) is 30.3 Å². The lowest BCUT2D eigenvalue weighted by atomic mass is 10.0. The van der Waals surface area contributed by atoms with Crippen LogP contribution in [0.4, 0.5) is 0 Å². The first-order valence-corrected chi connectivity index (χ1v) is 7.53. The van der Waals surface area contributed by atoms with Crippen LogP contribution in [0, 0.1) is 0 Å². The number of nitrogens with zero attached hydrogens (tertiary/aromatic N) is 2. The van der Waals surface area contributed by atoms with Gasteiger partial charge in [-0.15, -0.1) is 0 Å². The number of hydrogen-bond acceptors (Lipinski definition) is 3. The van der Waals surface area contributed by atoms with Crippen molar-refractivity contribution in [2.24, 2.45) is 0 Å². The molecule has 5 heteroatoms. The van der Waals surface area contributed by atoms with Crippen molar-refractivity contribution in [3.63, 3.8) is 0 Å². The highest BCUT2D eigenvalue weighted by molar-refractivity contribution is 7.88. The van der Waals surface area contributed by atoms with Crippen LogP contribution in [-0.2, 0) is 10.0 Å². The van der Waals surface area contributed by atoms with E-state index in [0.29, 0.717) is 13.1 Å². The molecule has 1 aliphatic heterocycles. The summed E-state index contributed by atoms with van der Waals surface area (Å²) in [5, 5.41) is 0. The minimum atomic E-state index is -3.08. The first-order valence-electron chi connectivity index (χ1n) is 5.69. The molecule has 0 radical (unpaired) electrons. The fraction of sp³-hybridized carbons (Fsp3) is 0.500. The van der Waals surface area contributed by atoms with Crippen LogP contribution in [0.1, 0.15) is 11.6 Å². The fourth-order valence-corrected chi connectivity index (χ4v) is 3.01. The number of benzene rings is 1. The van der Waals surface area contributed by atoms with Crippen LogP contribution in [0.25, 0.3) is 0 Å². The number of hydrogen-bond donors (Lipinski definition) is 0. The maximum atomic E-state index is 11.6. The standard InChI is InChI=1S/C12H18N2O2S/c1-13-8-9-14(17(2,15)16)10-12(13)11-6-4-3-5-7-11/h3-7,12H,8-10H2,1-2H3. The summed E-state index contributed by atoms with van der Waals surface area (Å²) in [5.41, 5.74) is 1.17. The zero-order valence-electron chi connectivity index (χ0n) is 10.2. The Morgan fingerprint density at radius 2 is 1.82 bits per heavy atom. The van der Waals surface area contributed by atoms with Crippen molar-refractivity contribution in [3.05, 3.63) is 35.9 Å². The topological polar surface area (TPSA) is 40.6 Å². The van der Waals surface area contributed by atoms with Gasteiger partial charge < -0.3 is 0 Å². The summed E-state index contributed by atoms with van der Waals surface area (Å²) < 4.78 is 24.7. The van der Waals surface area contributed by atoms with Crippen LogP contribution in [-0.4, -0.2) is 50.6 Å². The summed E-state index contributed by atoms with van der Waals surface area (Å²) in [6.07, 6.45) is 1.28. The molecule has 0 spiro atoms. The molecule has 2 rings (SSSR count). The van der Waals surface area contributed by atoms with Gasteiger partial charge in [0.1, 0.15) is 0 Å². The normalized spacial score (nSPS) is 23.8. The molecule has 94 valence electrons. The average molecular weight is 254 g/mol. The van der Waals surface area contributed by atoms with E-state index < -0.39 is 10.0 Å². The fourth-order valence-electron chi connectivity index (χ4n) is 2.18.